The third-order valence-corrected chi connectivity index (χ3v) is 7.28. The summed E-state index contributed by atoms with van der Waals surface area (Å²) in [6.07, 6.45) is 0.869. The minimum Gasteiger partial charge on any atom is -0.462 e. The summed E-state index contributed by atoms with van der Waals surface area (Å²) in [5.74, 6) is -0.909. The zero-order chi connectivity index (χ0) is 20.4. The van der Waals surface area contributed by atoms with E-state index in [1.807, 2.05) is 13.8 Å². The molecule has 1 N–H and O–H groups in total. The van der Waals surface area contributed by atoms with Gasteiger partial charge in [0.1, 0.15) is 23.9 Å². The summed E-state index contributed by atoms with van der Waals surface area (Å²) in [6.45, 7) is 8.71. The monoisotopic (exact) mass is 394 g/mol. The molecule has 2 aliphatic heterocycles. The number of hydrogen-bond acceptors (Lipinski definition) is 7. The number of ether oxygens (including phenoxy) is 4. The fourth-order valence-electron chi connectivity index (χ4n) is 6.03. The van der Waals surface area contributed by atoms with Crippen molar-refractivity contribution >= 4 is 11.9 Å². The van der Waals surface area contributed by atoms with Gasteiger partial charge in [-0.2, -0.15) is 0 Å². The van der Waals surface area contributed by atoms with Crippen LogP contribution in [0.25, 0.3) is 0 Å². The van der Waals surface area contributed by atoms with E-state index in [0.717, 1.165) is 12.8 Å². The van der Waals surface area contributed by atoms with Gasteiger partial charge in [-0.05, 0) is 33.6 Å². The molecule has 0 aromatic rings. The lowest BCUT2D eigenvalue weighted by Crippen LogP contribution is -2.67. The van der Waals surface area contributed by atoms with Gasteiger partial charge < -0.3 is 24.1 Å². The van der Waals surface area contributed by atoms with E-state index in [9.17, 15) is 14.7 Å². The number of allylic oxidation sites excluding steroid dienone is 1. The molecule has 2 bridgehead atoms. The largest absolute Gasteiger partial charge is 0.462 e. The molecule has 3 fully saturated rings. The molecule has 0 aromatic carbocycles. The fraction of sp³-hybridized carbons (Fsp3) is 0.810. The fourth-order valence-corrected chi connectivity index (χ4v) is 6.03. The van der Waals surface area contributed by atoms with Gasteiger partial charge in [0, 0.05) is 26.2 Å². The van der Waals surface area contributed by atoms with Crippen LogP contribution in [0, 0.1) is 11.3 Å². The zero-order valence-electron chi connectivity index (χ0n) is 17.1. The molecule has 0 aromatic heterocycles. The highest BCUT2D eigenvalue weighted by molar-refractivity contribution is 5.67. The van der Waals surface area contributed by atoms with Crippen molar-refractivity contribution in [3.63, 3.8) is 0 Å². The average Bonchev–Trinajstić information content (AvgIpc) is 3.27. The van der Waals surface area contributed by atoms with Crippen LogP contribution in [0.3, 0.4) is 0 Å². The second-order valence-electron chi connectivity index (χ2n) is 9.00. The Morgan fingerprint density at radius 3 is 2.46 bits per heavy atom. The standard InChI is InChI=1S/C21H30O7/c1-10-6-7-14-16(8-10)27-19-15(24)9-17(25-12(3)22)20(5,18(14)26-13(4)23)21(19)11(2)28-21/h8,11,14-19,24H,6-7,9H2,1-5H3/t11-,14?,15-,16-,17-,18-,19-,20-,21+/m1/s1. The molecule has 2 aliphatic carbocycles. The lowest BCUT2D eigenvalue weighted by Gasteiger charge is -2.52. The van der Waals surface area contributed by atoms with Gasteiger partial charge in [-0.1, -0.05) is 11.6 Å². The Labute approximate surface area is 165 Å². The second kappa shape index (κ2) is 6.54. The summed E-state index contributed by atoms with van der Waals surface area (Å²) < 4.78 is 24.2. The topological polar surface area (TPSA) is 94.6 Å². The van der Waals surface area contributed by atoms with Gasteiger partial charge in [-0.15, -0.1) is 0 Å². The SMILES string of the molecule is CC(=O)O[C@@H]1C2CCC(C)=C[C@H]2O[C@@H]2[C@H](O)C[C@@H](OC(C)=O)[C@@]1(C)[C@@]21O[C@@H]1C. The highest BCUT2D eigenvalue weighted by Gasteiger charge is 2.81. The maximum absolute atomic E-state index is 12.1. The van der Waals surface area contributed by atoms with Gasteiger partial charge >= 0.3 is 11.9 Å². The third kappa shape index (κ3) is 2.66. The lowest BCUT2D eigenvalue weighted by atomic mass is 9.56. The van der Waals surface area contributed by atoms with E-state index >= 15 is 0 Å². The van der Waals surface area contributed by atoms with Crippen molar-refractivity contribution in [2.24, 2.45) is 11.3 Å². The molecule has 0 amide bonds. The van der Waals surface area contributed by atoms with Crippen LogP contribution in [0.15, 0.2) is 11.6 Å². The number of carbonyl (C=O) groups excluding carboxylic acids is 2. The predicted octanol–water partition coefficient (Wildman–Crippen LogP) is 1.90. The lowest BCUT2D eigenvalue weighted by molar-refractivity contribution is -0.216. The Morgan fingerprint density at radius 2 is 1.89 bits per heavy atom. The van der Waals surface area contributed by atoms with E-state index in [-0.39, 0.29) is 30.5 Å². The first-order chi connectivity index (χ1) is 13.1. The predicted molar refractivity (Wildman–Crippen MR) is 98.3 cm³/mol. The molecule has 156 valence electrons. The van der Waals surface area contributed by atoms with Gasteiger partial charge in [-0.3, -0.25) is 9.59 Å². The quantitative estimate of drug-likeness (QED) is 0.434. The van der Waals surface area contributed by atoms with Crippen LogP contribution in [-0.2, 0) is 28.5 Å². The van der Waals surface area contributed by atoms with Crippen molar-refractivity contribution in [1.29, 1.82) is 0 Å². The number of aliphatic hydroxyl groups is 1. The summed E-state index contributed by atoms with van der Waals surface area (Å²) in [5, 5.41) is 10.9. The van der Waals surface area contributed by atoms with Gasteiger partial charge in [-0.25, -0.2) is 0 Å². The van der Waals surface area contributed by atoms with Crippen LogP contribution in [-0.4, -0.2) is 59.3 Å². The zero-order valence-corrected chi connectivity index (χ0v) is 17.1. The molecule has 4 rings (SSSR count). The molecule has 0 radical (unpaired) electrons. The second-order valence-corrected chi connectivity index (χ2v) is 9.00. The minimum atomic E-state index is -0.871. The molecule has 1 unspecified atom stereocenters. The minimum absolute atomic E-state index is 0.0979. The summed E-state index contributed by atoms with van der Waals surface area (Å²) >= 11 is 0. The van der Waals surface area contributed by atoms with Gasteiger partial charge in [0.2, 0.25) is 0 Å². The van der Waals surface area contributed by atoms with E-state index < -0.39 is 41.4 Å². The Hall–Kier alpha value is -1.44. The highest BCUT2D eigenvalue weighted by atomic mass is 16.7. The molecule has 9 atom stereocenters. The Balaban J connectivity index is 1.88. The van der Waals surface area contributed by atoms with E-state index in [4.69, 9.17) is 18.9 Å². The highest BCUT2D eigenvalue weighted by Crippen LogP contribution is 2.65. The number of esters is 2. The molecular weight excluding hydrogens is 364 g/mol. The first kappa shape index (κ1) is 19.9. The molecule has 7 nitrogen and oxygen atoms in total. The van der Waals surface area contributed by atoms with Crippen molar-refractivity contribution in [2.45, 2.75) is 96.1 Å². The number of fused-ring (bicyclic) bond motifs is 1. The van der Waals surface area contributed by atoms with E-state index in [0.29, 0.717) is 0 Å². The van der Waals surface area contributed by atoms with Crippen LogP contribution in [0.1, 0.15) is 53.9 Å². The summed E-state index contributed by atoms with van der Waals surface area (Å²) in [7, 11) is 0. The van der Waals surface area contributed by atoms with Crippen molar-refractivity contribution < 1.29 is 33.6 Å². The first-order valence-electron chi connectivity index (χ1n) is 10.1. The maximum atomic E-state index is 12.1. The molecular formula is C21H30O7. The van der Waals surface area contributed by atoms with E-state index in [2.05, 4.69) is 13.0 Å². The molecule has 1 spiro atoms. The van der Waals surface area contributed by atoms with Gasteiger partial charge in [0.15, 0.2) is 0 Å². The third-order valence-electron chi connectivity index (χ3n) is 7.28. The Kier molecular flexibility index (Phi) is 4.64. The summed E-state index contributed by atoms with van der Waals surface area (Å²) in [4.78, 5) is 24.0. The van der Waals surface area contributed by atoms with Crippen LogP contribution in [0.4, 0.5) is 0 Å². The normalized spacial score (nSPS) is 49.5. The molecule has 2 saturated heterocycles. The molecule has 2 heterocycles. The number of epoxide rings is 1. The Morgan fingerprint density at radius 1 is 1.25 bits per heavy atom. The van der Waals surface area contributed by atoms with Gasteiger partial charge in [0.05, 0.1) is 23.7 Å². The van der Waals surface area contributed by atoms with Crippen molar-refractivity contribution in [3.8, 4) is 0 Å². The van der Waals surface area contributed by atoms with Crippen molar-refractivity contribution in [3.05, 3.63) is 11.6 Å². The molecule has 1 saturated carbocycles. The number of rotatable bonds is 2. The molecule has 28 heavy (non-hydrogen) atoms. The smallest absolute Gasteiger partial charge is 0.302 e. The van der Waals surface area contributed by atoms with Crippen LogP contribution >= 0.6 is 0 Å². The summed E-state index contributed by atoms with van der Waals surface area (Å²) in [5.41, 5.74) is -0.481. The van der Waals surface area contributed by atoms with Crippen LogP contribution in [0.2, 0.25) is 0 Å². The number of hydrogen-bond donors (Lipinski definition) is 1. The maximum Gasteiger partial charge on any atom is 0.302 e. The number of aliphatic hydroxyl groups excluding tert-OH is 1. The van der Waals surface area contributed by atoms with Gasteiger partial charge in [0.25, 0.3) is 0 Å². The summed E-state index contributed by atoms with van der Waals surface area (Å²) in [6, 6.07) is 0. The van der Waals surface area contributed by atoms with Crippen LogP contribution < -0.4 is 0 Å². The Bertz CT molecular complexity index is 718. The van der Waals surface area contributed by atoms with E-state index in [1.54, 1.807) is 0 Å². The van der Waals surface area contributed by atoms with Crippen LogP contribution in [0.5, 0.6) is 0 Å². The first-order valence-corrected chi connectivity index (χ1v) is 10.1. The number of carbonyl (C=O) groups is 2. The molecule has 4 aliphatic rings. The molecule has 7 heteroatoms. The van der Waals surface area contributed by atoms with Crippen molar-refractivity contribution in [1.82, 2.24) is 0 Å². The van der Waals surface area contributed by atoms with E-state index in [1.165, 1.54) is 19.4 Å². The van der Waals surface area contributed by atoms with Crippen molar-refractivity contribution in [2.75, 3.05) is 0 Å². The average molecular weight is 394 g/mol.